The third kappa shape index (κ3) is 4.97. The Morgan fingerprint density at radius 3 is 2.65 bits per heavy atom. The second-order valence-electron chi connectivity index (χ2n) is 3.72. The minimum atomic E-state index is -0.237. The van der Waals surface area contributed by atoms with Crippen molar-refractivity contribution in [1.29, 1.82) is 0 Å². The summed E-state index contributed by atoms with van der Waals surface area (Å²) in [5.41, 5.74) is 7.35. The van der Waals surface area contributed by atoms with Gasteiger partial charge in [0, 0.05) is 6.61 Å². The van der Waals surface area contributed by atoms with E-state index in [0.717, 1.165) is 17.5 Å². The van der Waals surface area contributed by atoms with E-state index in [2.05, 4.69) is 4.74 Å². The molecular weight excluding hydrogens is 218 g/mol. The fourth-order valence-corrected chi connectivity index (χ4v) is 1.47. The zero-order chi connectivity index (χ0) is 12.5. The summed E-state index contributed by atoms with van der Waals surface area (Å²) >= 11 is 0. The highest BCUT2D eigenvalue weighted by Crippen LogP contribution is 2.11. The monoisotopic (exact) mass is 237 g/mol. The molecule has 0 bridgehead atoms. The van der Waals surface area contributed by atoms with Gasteiger partial charge in [-0.1, -0.05) is 24.3 Å². The Morgan fingerprint density at radius 2 is 2.00 bits per heavy atom. The molecule has 4 nitrogen and oxygen atoms in total. The molecule has 0 aliphatic rings. The number of rotatable bonds is 7. The summed E-state index contributed by atoms with van der Waals surface area (Å²) in [7, 11) is 1.39. The molecule has 0 atom stereocenters. The number of hydrogen-bond acceptors (Lipinski definition) is 4. The fourth-order valence-electron chi connectivity index (χ4n) is 1.47. The number of nitrogens with two attached hydrogens (primary N) is 1. The third-order valence-electron chi connectivity index (χ3n) is 2.43. The zero-order valence-corrected chi connectivity index (χ0v) is 10.1. The predicted molar refractivity (Wildman–Crippen MR) is 65.5 cm³/mol. The summed E-state index contributed by atoms with van der Waals surface area (Å²) in [6.07, 6.45) is 1.13. The summed E-state index contributed by atoms with van der Waals surface area (Å²) in [5, 5.41) is 0. The molecule has 0 aliphatic heterocycles. The van der Waals surface area contributed by atoms with Gasteiger partial charge < -0.3 is 15.2 Å². The van der Waals surface area contributed by atoms with Crippen LogP contribution in [0.1, 0.15) is 17.5 Å². The second-order valence-corrected chi connectivity index (χ2v) is 3.72. The number of benzene rings is 1. The van der Waals surface area contributed by atoms with E-state index in [0.29, 0.717) is 19.8 Å². The Morgan fingerprint density at radius 1 is 1.29 bits per heavy atom. The topological polar surface area (TPSA) is 61.5 Å². The van der Waals surface area contributed by atoms with Crippen molar-refractivity contribution in [3.8, 4) is 0 Å². The molecule has 0 fully saturated rings. The molecule has 0 aromatic heterocycles. The van der Waals surface area contributed by atoms with E-state index < -0.39 is 0 Å². The van der Waals surface area contributed by atoms with Gasteiger partial charge in [0.2, 0.25) is 0 Å². The van der Waals surface area contributed by atoms with Gasteiger partial charge in [-0.15, -0.1) is 0 Å². The van der Waals surface area contributed by atoms with Crippen LogP contribution in [0.2, 0.25) is 0 Å². The first-order valence-corrected chi connectivity index (χ1v) is 5.69. The van der Waals surface area contributed by atoms with Crippen LogP contribution in [-0.2, 0) is 27.3 Å². The Labute approximate surface area is 102 Å². The molecule has 0 saturated carbocycles. The minimum absolute atomic E-state index is 0.237. The Balaban J connectivity index is 2.54. The van der Waals surface area contributed by atoms with Crippen molar-refractivity contribution in [2.24, 2.45) is 5.73 Å². The summed E-state index contributed by atoms with van der Waals surface area (Å²) in [6.45, 7) is 1.78. The van der Waals surface area contributed by atoms with E-state index in [4.69, 9.17) is 10.5 Å². The van der Waals surface area contributed by atoms with Crippen LogP contribution in [0.15, 0.2) is 24.3 Å². The molecule has 0 radical (unpaired) electrons. The van der Waals surface area contributed by atoms with Crippen molar-refractivity contribution >= 4 is 5.97 Å². The first kappa shape index (κ1) is 13.7. The van der Waals surface area contributed by atoms with Crippen molar-refractivity contribution in [2.45, 2.75) is 19.4 Å². The van der Waals surface area contributed by atoms with Gasteiger partial charge in [-0.3, -0.25) is 4.79 Å². The first-order valence-electron chi connectivity index (χ1n) is 5.69. The average Bonchev–Trinajstić information content (AvgIpc) is 2.36. The normalized spacial score (nSPS) is 10.2. The highest BCUT2D eigenvalue weighted by atomic mass is 16.5. The average molecular weight is 237 g/mol. The van der Waals surface area contributed by atoms with Crippen molar-refractivity contribution in [2.75, 3.05) is 20.3 Å². The minimum Gasteiger partial charge on any atom is -0.469 e. The molecule has 4 heteroatoms. The van der Waals surface area contributed by atoms with Crippen molar-refractivity contribution in [3.63, 3.8) is 0 Å². The van der Waals surface area contributed by atoms with E-state index >= 15 is 0 Å². The molecule has 0 spiro atoms. The van der Waals surface area contributed by atoms with Crippen LogP contribution in [0.5, 0.6) is 0 Å². The van der Waals surface area contributed by atoms with E-state index in [1.54, 1.807) is 0 Å². The van der Waals surface area contributed by atoms with E-state index in [9.17, 15) is 4.79 Å². The lowest BCUT2D eigenvalue weighted by atomic mass is 10.1. The Hall–Kier alpha value is -1.39. The number of hydrogen-bond donors (Lipinski definition) is 1. The summed E-state index contributed by atoms with van der Waals surface area (Å²) in [6, 6.07) is 7.71. The fraction of sp³-hybridized carbons (Fsp3) is 0.462. The van der Waals surface area contributed by atoms with Crippen LogP contribution in [-0.4, -0.2) is 26.2 Å². The van der Waals surface area contributed by atoms with Gasteiger partial charge in [-0.2, -0.15) is 0 Å². The second kappa shape index (κ2) is 7.81. The zero-order valence-electron chi connectivity index (χ0n) is 10.1. The molecule has 2 N–H and O–H groups in total. The Kier molecular flexibility index (Phi) is 6.29. The number of esters is 1. The molecule has 0 amide bonds. The molecule has 0 heterocycles. The number of carbonyl (C=O) groups is 1. The lowest BCUT2D eigenvalue weighted by Crippen LogP contribution is -2.08. The van der Waals surface area contributed by atoms with Crippen LogP contribution >= 0.6 is 0 Å². The van der Waals surface area contributed by atoms with Crippen molar-refractivity contribution in [1.82, 2.24) is 0 Å². The molecule has 1 rings (SSSR count). The van der Waals surface area contributed by atoms with Gasteiger partial charge in [0.25, 0.3) is 0 Å². The molecule has 0 unspecified atom stereocenters. The Bertz CT molecular complexity index is 352. The summed E-state index contributed by atoms with van der Waals surface area (Å²) in [5.74, 6) is -0.237. The van der Waals surface area contributed by atoms with E-state index in [1.807, 2.05) is 24.3 Å². The maximum atomic E-state index is 11.2. The number of carbonyl (C=O) groups excluding carboxylic acids is 1. The van der Waals surface area contributed by atoms with Gasteiger partial charge in [-0.25, -0.2) is 0 Å². The summed E-state index contributed by atoms with van der Waals surface area (Å²) in [4.78, 5) is 11.2. The van der Waals surface area contributed by atoms with Crippen LogP contribution in [0, 0.1) is 0 Å². The van der Waals surface area contributed by atoms with Gasteiger partial charge in [0.05, 0.1) is 20.1 Å². The van der Waals surface area contributed by atoms with E-state index in [1.165, 1.54) is 7.11 Å². The van der Waals surface area contributed by atoms with Gasteiger partial charge >= 0.3 is 5.97 Å². The van der Waals surface area contributed by atoms with Crippen LogP contribution in [0.3, 0.4) is 0 Å². The maximum absolute atomic E-state index is 11.2. The third-order valence-corrected chi connectivity index (χ3v) is 2.43. The first-order chi connectivity index (χ1) is 8.27. The van der Waals surface area contributed by atoms with Gasteiger partial charge in [0.1, 0.15) is 0 Å². The standard InChI is InChI=1S/C13H19NO3/c1-16-13(15)9-11-5-2-3-6-12(11)10-17-8-4-7-14/h2-3,5-6H,4,7-10,14H2,1H3. The van der Waals surface area contributed by atoms with Crippen LogP contribution in [0.4, 0.5) is 0 Å². The molecule has 17 heavy (non-hydrogen) atoms. The SMILES string of the molecule is COC(=O)Cc1ccccc1COCCCN. The molecular formula is C13H19NO3. The van der Waals surface area contributed by atoms with Crippen LogP contribution < -0.4 is 5.73 Å². The van der Waals surface area contributed by atoms with Crippen molar-refractivity contribution in [3.05, 3.63) is 35.4 Å². The highest BCUT2D eigenvalue weighted by Gasteiger charge is 2.07. The smallest absolute Gasteiger partial charge is 0.309 e. The molecule has 1 aromatic rings. The van der Waals surface area contributed by atoms with E-state index in [-0.39, 0.29) is 12.4 Å². The number of methoxy groups -OCH3 is 1. The quantitative estimate of drug-likeness (QED) is 0.573. The number of ether oxygens (including phenoxy) is 2. The molecule has 1 aromatic carbocycles. The predicted octanol–water partition coefficient (Wildman–Crippen LogP) is 1.27. The summed E-state index contributed by atoms with van der Waals surface area (Å²) < 4.78 is 10.1. The largest absolute Gasteiger partial charge is 0.469 e. The van der Waals surface area contributed by atoms with Crippen LogP contribution in [0.25, 0.3) is 0 Å². The lowest BCUT2D eigenvalue weighted by molar-refractivity contribution is -0.139. The molecule has 0 aliphatic carbocycles. The highest BCUT2D eigenvalue weighted by molar-refractivity contribution is 5.72. The molecule has 94 valence electrons. The van der Waals surface area contributed by atoms with Crippen molar-refractivity contribution < 1.29 is 14.3 Å². The lowest BCUT2D eigenvalue weighted by Gasteiger charge is -2.09. The van der Waals surface area contributed by atoms with Gasteiger partial charge in [-0.05, 0) is 24.1 Å². The maximum Gasteiger partial charge on any atom is 0.309 e. The van der Waals surface area contributed by atoms with Gasteiger partial charge in [0.15, 0.2) is 0 Å². The molecule has 0 saturated heterocycles.